The molecule has 4 saturated carbocycles. The van der Waals surface area contributed by atoms with Gasteiger partial charge in [0.1, 0.15) is 23.2 Å². The van der Waals surface area contributed by atoms with Crippen LogP contribution in [-0.2, 0) is 17.1 Å². The molecule has 4 aromatic heterocycles. The van der Waals surface area contributed by atoms with E-state index in [2.05, 4.69) is 25.3 Å². The van der Waals surface area contributed by atoms with Gasteiger partial charge >= 0.3 is 18.3 Å². The summed E-state index contributed by atoms with van der Waals surface area (Å²) < 4.78 is 93.0. The molecule has 1 saturated heterocycles. The molecule has 5 aromatic rings. The third kappa shape index (κ3) is 7.11. The highest BCUT2D eigenvalue weighted by molar-refractivity contribution is 6.01. The maximum absolute atomic E-state index is 14.9. The number of hydrogen-bond acceptors (Lipinski definition) is 8. The lowest BCUT2D eigenvalue weighted by molar-refractivity contribution is -0.154. The Bertz CT molecular complexity index is 2390. The number of nitrogens with one attached hydrogen (secondary N) is 1. The van der Waals surface area contributed by atoms with E-state index in [1.165, 1.54) is 16.8 Å². The summed E-state index contributed by atoms with van der Waals surface area (Å²) in [5, 5.41) is 13.6. The van der Waals surface area contributed by atoms with Crippen LogP contribution in [0.4, 0.5) is 32.3 Å². The van der Waals surface area contributed by atoms with Crippen LogP contribution in [0.5, 0.6) is 5.75 Å². The monoisotopic (exact) mass is 819 g/mol. The molecule has 5 aliphatic rings. The van der Waals surface area contributed by atoms with E-state index in [4.69, 9.17) is 4.74 Å². The second-order valence-corrected chi connectivity index (χ2v) is 16.2. The average molecular weight is 820 g/mol. The summed E-state index contributed by atoms with van der Waals surface area (Å²) in [6, 6.07) is 11.0. The van der Waals surface area contributed by atoms with Crippen LogP contribution in [0.15, 0.2) is 73.3 Å². The first-order chi connectivity index (χ1) is 28.2. The Morgan fingerprint density at radius 2 is 1.58 bits per heavy atom. The van der Waals surface area contributed by atoms with Crippen LogP contribution < -0.4 is 15.0 Å². The van der Waals surface area contributed by atoms with Crippen molar-refractivity contribution in [3.05, 3.63) is 90.1 Å². The Hall–Kier alpha value is -5.74. The van der Waals surface area contributed by atoms with Crippen LogP contribution in [0, 0.1) is 23.7 Å². The van der Waals surface area contributed by atoms with Gasteiger partial charge in [-0.1, -0.05) is 6.42 Å². The topological polar surface area (TPSA) is 135 Å². The lowest BCUT2D eigenvalue weighted by atomic mass is 9.58. The number of aromatic nitrogens is 5. The summed E-state index contributed by atoms with van der Waals surface area (Å²) in [7, 11) is 0. The molecule has 1 amide bonds. The first-order valence-electron chi connectivity index (χ1n) is 19.7. The Labute approximate surface area is 333 Å². The van der Waals surface area contributed by atoms with E-state index in [1.54, 1.807) is 36.7 Å². The number of fused-ring (bicyclic) bond motifs is 2. The molecule has 10 rings (SSSR count). The van der Waals surface area contributed by atoms with E-state index in [0.29, 0.717) is 92.2 Å². The zero-order valence-electron chi connectivity index (χ0n) is 31.5. The number of pyridine rings is 2. The first-order valence-corrected chi connectivity index (χ1v) is 19.7. The molecule has 17 heteroatoms. The summed E-state index contributed by atoms with van der Waals surface area (Å²) >= 11 is 0. The molecule has 0 radical (unpaired) electrons. The minimum Gasteiger partial charge on any atom is -0.490 e. The smallest absolute Gasteiger partial charge is 0.434 e. The molecular formula is C42H39F6N7O4. The molecule has 308 valence electrons. The molecule has 1 aromatic carbocycles. The molecule has 4 bridgehead atoms. The molecular weight excluding hydrogens is 780 g/mol. The number of nitrogens with zero attached hydrogens (tertiary/aromatic N) is 6. The molecule has 5 atom stereocenters. The van der Waals surface area contributed by atoms with Crippen molar-refractivity contribution < 1.29 is 45.8 Å². The number of aliphatic carboxylic acids is 1. The predicted octanol–water partition coefficient (Wildman–Crippen LogP) is 8.36. The molecule has 11 nitrogen and oxygen atoms in total. The van der Waals surface area contributed by atoms with E-state index in [9.17, 15) is 41.0 Å². The van der Waals surface area contributed by atoms with Crippen molar-refractivity contribution >= 4 is 28.7 Å². The number of carboxylic acid groups (broad SMARTS) is 1. The lowest BCUT2D eigenvalue weighted by Crippen LogP contribution is -2.66. The fourth-order valence-electron chi connectivity index (χ4n) is 10.1. The number of amides is 1. The van der Waals surface area contributed by atoms with Crippen molar-refractivity contribution in [2.75, 3.05) is 18.0 Å². The third-order valence-electron chi connectivity index (χ3n) is 12.8. The average Bonchev–Trinajstić information content (AvgIpc) is 3.47. The van der Waals surface area contributed by atoms with Gasteiger partial charge in [0.2, 0.25) is 5.95 Å². The highest BCUT2D eigenvalue weighted by atomic mass is 19.4. The first kappa shape index (κ1) is 38.8. The standard InChI is InChI=1S/C42H39F6N7O4/c43-41(44,45)26-4-9-35(51-21-26)55-22-32(30-6-5-29(20-34(30)55)59-28-10-14-54(15-11-28)39-49-12-1-13-50-39)33-8-7-31(36(52-33)42(46,47)48)37(56)53-40(38(57)58)25-3-2-23-16-24(18-25)19-27(40)17-23/h1,4-9,12-13,20-25,27-28H,2-3,10-11,14-19H2,(H,53,56)(H,57,58). The van der Waals surface area contributed by atoms with Crippen molar-refractivity contribution in [1.82, 2.24) is 29.8 Å². The van der Waals surface area contributed by atoms with Crippen molar-refractivity contribution in [2.24, 2.45) is 23.7 Å². The van der Waals surface area contributed by atoms with Gasteiger partial charge in [-0.3, -0.25) is 4.79 Å². The summed E-state index contributed by atoms with van der Waals surface area (Å²) in [6.07, 6.45) is 0.941. The Balaban J connectivity index is 1.06. The van der Waals surface area contributed by atoms with Gasteiger partial charge in [0.25, 0.3) is 5.91 Å². The van der Waals surface area contributed by atoms with Gasteiger partial charge < -0.3 is 24.6 Å². The Morgan fingerprint density at radius 3 is 2.27 bits per heavy atom. The fraction of sp³-hybridized carbons (Fsp3) is 0.429. The van der Waals surface area contributed by atoms with Gasteiger partial charge in [-0.2, -0.15) is 26.3 Å². The largest absolute Gasteiger partial charge is 0.490 e. The number of carbonyl (C=O) groups excluding carboxylic acids is 1. The van der Waals surface area contributed by atoms with Crippen molar-refractivity contribution in [1.29, 1.82) is 0 Å². The number of halogens is 6. The maximum Gasteiger partial charge on any atom is 0.434 e. The van der Waals surface area contributed by atoms with E-state index in [0.717, 1.165) is 31.0 Å². The van der Waals surface area contributed by atoms with Gasteiger partial charge in [-0.05, 0) is 98.2 Å². The number of hydrogen-bond donors (Lipinski definition) is 2. The van der Waals surface area contributed by atoms with Crippen LogP contribution in [0.3, 0.4) is 0 Å². The number of piperidine rings is 1. The van der Waals surface area contributed by atoms with Crippen LogP contribution in [0.2, 0.25) is 0 Å². The van der Waals surface area contributed by atoms with Crippen LogP contribution >= 0.6 is 0 Å². The molecule has 59 heavy (non-hydrogen) atoms. The number of alkyl halides is 6. The molecule has 1 aliphatic heterocycles. The fourth-order valence-corrected chi connectivity index (χ4v) is 10.1. The number of carbonyl (C=O) groups is 2. The second-order valence-electron chi connectivity index (χ2n) is 16.2. The molecule has 5 heterocycles. The molecule has 5 unspecified atom stereocenters. The van der Waals surface area contributed by atoms with Crippen molar-refractivity contribution in [3.63, 3.8) is 0 Å². The van der Waals surface area contributed by atoms with Gasteiger partial charge in [0.05, 0.1) is 22.3 Å². The minimum absolute atomic E-state index is 0.0557. The van der Waals surface area contributed by atoms with E-state index in [-0.39, 0.29) is 23.2 Å². The lowest BCUT2D eigenvalue weighted by Gasteiger charge is -2.50. The summed E-state index contributed by atoms with van der Waals surface area (Å²) in [5.41, 5.74) is -4.58. The van der Waals surface area contributed by atoms with Gasteiger partial charge in [0, 0.05) is 67.7 Å². The number of benzene rings is 1. The Morgan fingerprint density at radius 1 is 0.831 bits per heavy atom. The van der Waals surface area contributed by atoms with E-state index >= 15 is 0 Å². The van der Waals surface area contributed by atoms with Gasteiger partial charge in [0.15, 0.2) is 5.69 Å². The second kappa shape index (κ2) is 14.5. The van der Waals surface area contributed by atoms with Crippen LogP contribution in [0.25, 0.3) is 28.0 Å². The van der Waals surface area contributed by atoms with Crippen LogP contribution in [0.1, 0.15) is 73.0 Å². The van der Waals surface area contributed by atoms with Crippen molar-refractivity contribution in [2.45, 2.75) is 75.4 Å². The minimum atomic E-state index is -5.11. The molecule has 2 N–H and O–H groups in total. The highest BCUT2D eigenvalue weighted by Crippen LogP contribution is 2.56. The van der Waals surface area contributed by atoms with E-state index in [1.807, 2.05) is 4.90 Å². The highest BCUT2D eigenvalue weighted by Gasteiger charge is 2.60. The third-order valence-corrected chi connectivity index (χ3v) is 12.8. The maximum atomic E-state index is 14.9. The zero-order valence-corrected chi connectivity index (χ0v) is 31.5. The number of ether oxygens (including phenoxy) is 1. The van der Waals surface area contributed by atoms with Gasteiger partial charge in [-0.25, -0.2) is 24.7 Å². The molecule has 4 aliphatic carbocycles. The normalized spacial score (nSPS) is 24.6. The number of carboxylic acids is 1. The molecule has 5 fully saturated rings. The summed E-state index contributed by atoms with van der Waals surface area (Å²) in [5.74, 6) is -1.45. The predicted molar refractivity (Wildman–Crippen MR) is 202 cm³/mol. The van der Waals surface area contributed by atoms with Crippen LogP contribution in [-0.4, -0.2) is 66.2 Å². The number of anilines is 1. The Kier molecular flexibility index (Phi) is 9.54. The number of rotatable bonds is 8. The summed E-state index contributed by atoms with van der Waals surface area (Å²) in [6.45, 7) is 1.26. The quantitative estimate of drug-likeness (QED) is 0.148. The summed E-state index contributed by atoms with van der Waals surface area (Å²) in [4.78, 5) is 45.7. The van der Waals surface area contributed by atoms with Gasteiger partial charge in [-0.15, -0.1) is 0 Å². The van der Waals surface area contributed by atoms with E-state index < -0.39 is 58.4 Å². The molecule has 0 spiro atoms. The zero-order chi connectivity index (χ0) is 41.3. The van der Waals surface area contributed by atoms with Crippen molar-refractivity contribution in [3.8, 4) is 22.8 Å². The SMILES string of the molecule is O=C(NC1(C(=O)O)C2CCC3CC(C2)CC1C3)c1ccc(-c2cn(-c3ccc(C(F)(F)F)cn3)c3cc(OC4CCN(c5ncccn5)CC4)ccc23)nc1C(F)(F)F.